The van der Waals surface area contributed by atoms with Gasteiger partial charge in [-0.05, 0) is 13.8 Å². The fourth-order valence-electron chi connectivity index (χ4n) is 0.813. The molecule has 2 unspecified atom stereocenters. The number of carboxylic acid groups (broad SMARTS) is 1. The van der Waals surface area contributed by atoms with Gasteiger partial charge in [-0.15, -0.1) is 6.42 Å². The Labute approximate surface area is 82.9 Å². The van der Waals surface area contributed by atoms with Crippen molar-refractivity contribution in [3.05, 3.63) is 0 Å². The van der Waals surface area contributed by atoms with Crippen molar-refractivity contribution in [2.24, 2.45) is 0 Å². The lowest BCUT2D eigenvalue weighted by atomic mass is 10.2. The van der Waals surface area contributed by atoms with E-state index in [4.69, 9.17) is 11.5 Å². The van der Waals surface area contributed by atoms with Crippen LogP contribution in [-0.4, -0.2) is 35.6 Å². The smallest absolute Gasteiger partial charge is 0.320 e. The molecule has 0 aliphatic rings. The Morgan fingerprint density at radius 1 is 1.43 bits per heavy atom. The Balaban J connectivity index is 3.96. The number of aliphatic carboxylic acids is 1. The molecule has 0 rings (SSSR count). The fraction of sp³-hybridized carbons (Fsp3) is 0.556. The van der Waals surface area contributed by atoms with Crippen LogP contribution in [0.15, 0.2) is 0 Å². The summed E-state index contributed by atoms with van der Waals surface area (Å²) in [6.45, 7) is 3.19. The lowest BCUT2D eigenvalue weighted by Gasteiger charge is -2.15. The van der Waals surface area contributed by atoms with Crippen molar-refractivity contribution in [2.75, 3.05) is 6.54 Å². The van der Waals surface area contributed by atoms with Crippen molar-refractivity contribution in [3.63, 3.8) is 0 Å². The third-order valence-electron chi connectivity index (χ3n) is 1.63. The molecule has 0 spiro atoms. The minimum Gasteiger partial charge on any atom is -0.480 e. The molecule has 3 N–H and O–H groups in total. The normalized spacial score (nSPS) is 13.8. The van der Waals surface area contributed by atoms with Crippen LogP contribution in [0.1, 0.15) is 13.8 Å². The number of amides is 1. The fourth-order valence-corrected chi connectivity index (χ4v) is 0.813. The van der Waals surface area contributed by atoms with Crippen molar-refractivity contribution < 1.29 is 14.7 Å². The van der Waals surface area contributed by atoms with Gasteiger partial charge in [0.25, 0.3) is 0 Å². The molecule has 0 fully saturated rings. The van der Waals surface area contributed by atoms with Gasteiger partial charge in [-0.3, -0.25) is 14.9 Å². The van der Waals surface area contributed by atoms with Crippen molar-refractivity contribution in [1.82, 2.24) is 10.6 Å². The third-order valence-corrected chi connectivity index (χ3v) is 1.63. The number of terminal acetylenes is 1. The summed E-state index contributed by atoms with van der Waals surface area (Å²) in [5, 5.41) is 13.6. The molecule has 0 aromatic carbocycles. The summed E-state index contributed by atoms with van der Waals surface area (Å²) in [7, 11) is 0. The van der Waals surface area contributed by atoms with Crippen LogP contribution in [-0.2, 0) is 9.59 Å². The lowest BCUT2D eigenvalue weighted by Crippen LogP contribution is -2.48. The number of hydrogen-bond donors (Lipinski definition) is 3. The molecule has 0 saturated carbocycles. The second kappa shape index (κ2) is 6.00. The molecule has 5 heteroatoms. The van der Waals surface area contributed by atoms with Gasteiger partial charge in [0.2, 0.25) is 5.91 Å². The van der Waals surface area contributed by atoms with Gasteiger partial charge in [-0.2, -0.15) is 0 Å². The zero-order valence-corrected chi connectivity index (χ0v) is 8.20. The van der Waals surface area contributed by atoms with Gasteiger partial charge >= 0.3 is 5.97 Å². The highest BCUT2D eigenvalue weighted by atomic mass is 16.4. The zero-order chi connectivity index (χ0) is 11.1. The molecule has 14 heavy (non-hydrogen) atoms. The van der Waals surface area contributed by atoms with Crippen LogP contribution in [0, 0.1) is 12.3 Å². The first-order valence-electron chi connectivity index (χ1n) is 4.19. The summed E-state index contributed by atoms with van der Waals surface area (Å²) < 4.78 is 0. The predicted molar refractivity (Wildman–Crippen MR) is 51.5 cm³/mol. The standard InChI is InChI=1S/C9H14N2O3/c1-4-5-10-8(12)6(2)11-7(3)9(13)14/h1,6-7,11H,5H2,2-3H3,(H,10,12)(H,13,14). The molecule has 0 aliphatic carbocycles. The summed E-state index contributed by atoms with van der Waals surface area (Å²) in [5.41, 5.74) is 0. The molecule has 0 aromatic rings. The Hall–Kier alpha value is -1.54. The quantitative estimate of drug-likeness (QED) is 0.505. The van der Waals surface area contributed by atoms with Gasteiger partial charge in [-0.25, -0.2) is 0 Å². The van der Waals surface area contributed by atoms with E-state index in [0.717, 1.165) is 0 Å². The van der Waals surface area contributed by atoms with E-state index < -0.39 is 18.1 Å². The minimum atomic E-state index is -0.999. The van der Waals surface area contributed by atoms with Crippen molar-refractivity contribution >= 4 is 11.9 Å². The summed E-state index contributed by atoms with van der Waals surface area (Å²) in [4.78, 5) is 21.6. The molecular weight excluding hydrogens is 184 g/mol. The molecule has 0 aromatic heterocycles. The van der Waals surface area contributed by atoms with Crippen molar-refractivity contribution in [2.45, 2.75) is 25.9 Å². The summed E-state index contributed by atoms with van der Waals surface area (Å²) in [5.74, 6) is 0.946. The maximum Gasteiger partial charge on any atom is 0.320 e. The molecule has 0 radical (unpaired) electrons. The van der Waals surface area contributed by atoms with E-state index in [9.17, 15) is 9.59 Å². The highest BCUT2D eigenvalue weighted by Gasteiger charge is 2.18. The Kier molecular flexibility index (Phi) is 5.34. The lowest BCUT2D eigenvalue weighted by molar-refractivity contribution is -0.139. The van der Waals surface area contributed by atoms with Gasteiger partial charge in [0.15, 0.2) is 0 Å². The van der Waals surface area contributed by atoms with E-state index in [1.54, 1.807) is 6.92 Å². The molecule has 1 amide bonds. The maximum absolute atomic E-state index is 11.2. The molecule has 5 nitrogen and oxygen atoms in total. The SMILES string of the molecule is C#CCNC(=O)C(C)NC(C)C(=O)O. The van der Waals surface area contributed by atoms with E-state index >= 15 is 0 Å². The number of carbonyl (C=O) groups is 2. The summed E-state index contributed by atoms with van der Waals surface area (Å²) in [6, 6.07) is -1.34. The van der Waals surface area contributed by atoms with E-state index in [0.29, 0.717) is 0 Å². The second-order valence-electron chi connectivity index (χ2n) is 2.87. The van der Waals surface area contributed by atoms with Crippen LogP contribution in [0.5, 0.6) is 0 Å². The average Bonchev–Trinajstić information content (AvgIpc) is 2.13. The first kappa shape index (κ1) is 12.5. The molecule has 0 heterocycles. The number of rotatable bonds is 5. The Bertz CT molecular complexity index is 257. The highest BCUT2D eigenvalue weighted by molar-refractivity contribution is 5.82. The number of hydrogen-bond acceptors (Lipinski definition) is 3. The largest absolute Gasteiger partial charge is 0.480 e. The summed E-state index contributed by atoms with van der Waals surface area (Å²) in [6.07, 6.45) is 4.95. The van der Waals surface area contributed by atoms with E-state index in [2.05, 4.69) is 16.6 Å². The maximum atomic E-state index is 11.2. The molecule has 78 valence electrons. The number of carboxylic acids is 1. The first-order chi connectivity index (χ1) is 6.49. The van der Waals surface area contributed by atoms with E-state index in [1.165, 1.54) is 6.92 Å². The number of nitrogens with one attached hydrogen (secondary N) is 2. The minimum absolute atomic E-state index is 0.145. The molecular formula is C9H14N2O3. The molecule has 0 saturated heterocycles. The van der Waals surface area contributed by atoms with Gasteiger partial charge in [0.05, 0.1) is 12.6 Å². The van der Waals surface area contributed by atoms with Crippen LogP contribution >= 0.6 is 0 Å². The summed E-state index contributed by atoms with van der Waals surface area (Å²) >= 11 is 0. The van der Waals surface area contributed by atoms with Crippen LogP contribution in [0.4, 0.5) is 0 Å². The van der Waals surface area contributed by atoms with E-state index in [1.807, 2.05) is 0 Å². The van der Waals surface area contributed by atoms with Crippen LogP contribution in [0.2, 0.25) is 0 Å². The molecule has 0 bridgehead atoms. The van der Waals surface area contributed by atoms with Crippen LogP contribution < -0.4 is 10.6 Å². The monoisotopic (exact) mass is 198 g/mol. The molecule has 0 aliphatic heterocycles. The zero-order valence-electron chi connectivity index (χ0n) is 8.20. The predicted octanol–water partition coefficient (Wildman–Crippen LogP) is -0.813. The van der Waals surface area contributed by atoms with Crippen LogP contribution in [0.25, 0.3) is 0 Å². The topological polar surface area (TPSA) is 78.4 Å². The first-order valence-corrected chi connectivity index (χ1v) is 4.19. The Morgan fingerprint density at radius 3 is 2.43 bits per heavy atom. The van der Waals surface area contributed by atoms with Gasteiger partial charge in [0, 0.05) is 0 Å². The average molecular weight is 198 g/mol. The van der Waals surface area contributed by atoms with Gasteiger partial charge < -0.3 is 10.4 Å². The van der Waals surface area contributed by atoms with E-state index in [-0.39, 0.29) is 12.5 Å². The Morgan fingerprint density at radius 2 is 2.00 bits per heavy atom. The number of carbonyl (C=O) groups excluding carboxylic acids is 1. The molecule has 2 atom stereocenters. The highest BCUT2D eigenvalue weighted by Crippen LogP contribution is 1.87. The van der Waals surface area contributed by atoms with Crippen molar-refractivity contribution in [3.8, 4) is 12.3 Å². The van der Waals surface area contributed by atoms with Gasteiger partial charge in [-0.1, -0.05) is 5.92 Å². The van der Waals surface area contributed by atoms with Crippen molar-refractivity contribution in [1.29, 1.82) is 0 Å². The second-order valence-corrected chi connectivity index (χ2v) is 2.87. The third kappa shape index (κ3) is 4.48. The van der Waals surface area contributed by atoms with Crippen LogP contribution in [0.3, 0.4) is 0 Å². The van der Waals surface area contributed by atoms with Gasteiger partial charge in [0.1, 0.15) is 6.04 Å².